The Morgan fingerprint density at radius 3 is 2.61 bits per heavy atom. The zero-order valence-electron chi connectivity index (χ0n) is 16.2. The molecule has 3 aliphatic rings. The largest absolute Gasteiger partial charge is 0.380 e. The maximum absolute atomic E-state index is 13.2. The first kappa shape index (κ1) is 17.8. The van der Waals surface area contributed by atoms with Crippen LogP contribution in [0, 0.1) is 5.92 Å². The van der Waals surface area contributed by atoms with E-state index in [2.05, 4.69) is 36.7 Å². The molecule has 0 N–H and O–H groups in total. The average Bonchev–Trinajstić information content (AvgIpc) is 3.44. The summed E-state index contributed by atoms with van der Waals surface area (Å²) >= 11 is 0. The summed E-state index contributed by atoms with van der Waals surface area (Å²) in [5, 5.41) is 8.76. The van der Waals surface area contributed by atoms with Gasteiger partial charge in [0.05, 0.1) is 12.5 Å². The van der Waals surface area contributed by atoms with Gasteiger partial charge < -0.3 is 14.2 Å². The molecule has 1 aromatic carbocycles. The van der Waals surface area contributed by atoms with E-state index in [9.17, 15) is 4.79 Å². The number of rotatable bonds is 3. The summed E-state index contributed by atoms with van der Waals surface area (Å²) in [6, 6.07) is 10.7. The Morgan fingerprint density at radius 2 is 1.86 bits per heavy atom. The Labute approximate surface area is 165 Å². The lowest BCUT2D eigenvalue weighted by Gasteiger charge is -2.39. The predicted molar refractivity (Wildman–Crippen MR) is 105 cm³/mol. The number of aryl methyl sites for hydroxylation is 1. The van der Waals surface area contributed by atoms with Crippen molar-refractivity contribution in [1.82, 2.24) is 24.6 Å². The molecule has 7 nitrogen and oxygen atoms in total. The van der Waals surface area contributed by atoms with Gasteiger partial charge in [0.15, 0.2) is 5.82 Å². The molecule has 1 aromatic heterocycles. The number of hydrogen-bond donors (Lipinski definition) is 0. The van der Waals surface area contributed by atoms with Crippen LogP contribution in [0.4, 0.5) is 0 Å². The summed E-state index contributed by atoms with van der Waals surface area (Å²) in [6.45, 7) is 5.96. The molecule has 2 fully saturated rings. The van der Waals surface area contributed by atoms with Crippen molar-refractivity contribution in [1.29, 1.82) is 0 Å². The summed E-state index contributed by atoms with van der Waals surface area (Å²) in [5.74, 6) is 2.18. The normalized spacial score (nSPS) is 25.6. The first-order valence-corrected chi connectivity index (χ1v) is 10.4. The Balaban J connectivity index is 1.25. The van der Waals surface area contributed by atoms with Crippen LogP contribution in [-0.4, -0.2) is 75.9 Å². The number of carbonyl (C=O) groups is 1. The number of aromatic nitrogens is 3. The second-order valence-electron chi connectivity index (χ2n) is 8.03. The highest BCUT2D eigenvalue weighted by atomic mass is 16.5. The van der Waals surface area contributed by atoms with Crippen molar-refractivity contribution in [3.63, 3.8) is 0 Å². The average molecular weight is 381 g/mol. The van der Waals surface area contributed by atoms with Crippen LogP contribution in [0.3, 0.4) is 0 Å². The van der Waals surface area contributed by atoms with Crippen molar-refractivity contribution in [3.05, 3.63) is 36.2 Å². The highest BCUT2D eigenvalue weighted by molar-refractivity contribution is 5.79. The van der Waals surface area contributed by atoms with Crippen molar-refractivity contribution >= 4 is 5.91 Å². The quantitative estimate of drug-likeness (QED) is 0.805. The van der Waals surface area contributed by atoms with Gasteiger partial charge in [0, 0.05) is 57.4 Å². The Hall–Kier alpha value is -2.25. The monoisotopic (exact) mass is 381 g/mol. The molecule has 2 saturated heterocycles. The van der Waals surface area contributed by atoms with Crippen LogP contribution >= 0.6 is 0 Å². The molecule has 2 unspecified atom stereocenters. The summed E-state index contributed by atoms with van der Waals surface area (Å²) < 4.78 is 7.66. The van der Waals surface area contributed by atoms with E-state index in [0.717, 1.165) is 75.9 Å². The maximum atomic E-state index is 13.2. The highest BCUT2D eigenvalue weighted by Gasteiger charge is 2.34. The summed E-state index contributed by atoms with van der Waals surface area (Å²) in [5.41, 5.74) is 1.06. The zero-order valence-corrected chi connectivity index (χ0v) is 16.2. The van der Waals surface area contributed by atoms with Crippen molar-refractivity contribution < 1.29 is 9.53 Å². The van der Waals surface area contributed by atoms with Crippen molar-refractivity contribution in [2.24, 2.45) is 5.92 Å². The maximum Gasteiger partial charge on any atom is 0.227 e. The van der Waals surface area contributed by atoms with Gasteiger partial charge in [-0.15, -0.1) is 10.2 Å². The van der Waals surface area contributed by atoms with E-state index >= 15 is 0 Å². The molecule has 3 aliphatic heterocycles. The van der Waals surface area contributed by atoms with Gasteiger partial charge in [-0.3, -0.25) is 9.69 Å². The van der Waals surface area contributed by atoms with Crippen molar-refractivity contribution in [3.8, 4) is 11.4 Å². The molecule has 148 valence electrons. The first-order valence-electron chi connectivity index (χ1n) is 10.4. The lowest BCUT2D eigenvalue weighted by molar-refractivity contribution is -0.138. The van der Waals surface area contributed by atoms with E-state index in [1.165, 1.54) is 0 Å². The lowest BCUT2D eigenvalue weighted by Crippen LogP contribution is -2.53. The van der Waals surface area contributed by atoms with Gasteiger partial charge in [-0.05, 0) is 12.8 Å². The van der Waals surface area contributed by atoms with Crippen LogP contribution in [0.2, 0.25) is 0 Å². The number of hydrogen-bond acceptors (Lipinski definition) is 5. The minimum atomic E-state index is 0.0207. The molecule has 28 heavy (non-hydrogen) atoms. The predicted octanol–water partition coefficient (Wildman–Crippen LogP) is 1.44. The molecular weight excluding hydrogens is 354 g/mol. The molecule has 1 amide bonds. The fourth-order valence-electron chi connectivity index (χ4n) is 4.71. The standard InChI is InChI=1S/C21H27N5O2/c27-21(25-11-9-24(10-12-25)18-8-13-28-15-18)17-6-7-19-22-23-20(26(19)14-17)16-4-2-1-3-5-16/h1-5,17-18H,6-15H2. The molecular formula is C21H27N5O2. The highest BCUT2D eigenvalue weighted by Crippen LogP contribution is 2.27. The lowest BCUT2D eigenvalue weighted by atomic mass is 9.97. The van der Waals surface area contributed by atoms with E-state index in [-0.39, 0.29) is 5.92 Å². The molecule has 2 atom stereocenters. The second kappa shape index (κ2) is 7.64. The molecule has 0 aliphatic carbocycles. The molecule has 0 saturated carbocycles. The molecule has 0 spiro atoms. The third-order valence-corrected chi connectivity index (χ3v) is 6.38. The van der Waals surface area contributed by atoms with Crippen LogP contribution in [0.15, 0.2) is 30.3 Å². The number of benzene rings is 1. The van der Waals surface area contributed by atoms with Crippen LogP contribution in [0.25, 0.3) is 11.4 Å². The molecule has 7 heteroatoms. The van der Waals surface area contributed by atoms with E-state index in [1.807, 2.05) is 18.2 Å². The fourth-order valence-corrected chi connectivity index (χ4v) is 4.71. The van der Waals surface area contributed by atoms with Gasteiger partial charge in [0.2, 0.25) is 5.91 Å². The van der Waals surface area contributed by atoms with Gasteiger partial charge in [0.25, 0.3) is 0 Å². The molecule has 5 rings (SSSR count). The van der Waals surface area contributed by atoms with Crippen LogP contribution in [0.1, 0.15) is 18.7 Å². The van der Waals surface area contributed by atoms with Crippen LogP contribution < -0.4 is 0 Å². The first-order chi connectivity index (χ1) is 13.8. The van der Waals surface area contributed by atoms with Crippen LogP contribution in [0.5, 0.6) is 0 Å². The van der Waals surface area contributed by atoms with Crippen molar-refractivity contribution in [2.45, 2.75) is 31.8 Å². The number of amides is 1. The molecule has 2 aromatic rings. The van der Waals surface area contributed by atoms with E-state index < -0.39 is 0 Å². The van der Waals surface area contributed by atoms with Gasteiger partial charge in [-0.1, -0.05) is 30.3 Å². The third kappa shape index (κ3) is 3.33. The van der Waals surface area contributed by atoms with Crippen LogP contribution in [-0.2, 0) is 22.5 Å². The van der Waals surface area contributed by atoms with E-state index in [0.29, 0.717) is 18.5 Å². The number of ether oxygens (including phenoxy) is 1. The van der Waals surface area contributed by atoms with E-state index in [1.54, 1.807) is 0 Å². The summed E-state index contributed by atoms with van der Waals surface area (Å²) in [7, 11) is 0. The number of piperazine rings is 1. The second-order valence-corrected chi connectivity index (χ2v) is 8.03. The van der Waals surface area contributed by atoms with Gasteiger partial charge in [0.1, 0.15) is 5.82 Å². The Morgan fingerprint density at radius 1 is 1.04 bits per heavy atom. The SMILES string of the molecule is O=C(C1CCc2nnc(-c3ccccc3)n2C1)N1CCN(C2CCOC2)CC1. The van der Waals surface area contributed by atoms with Gasteiger partial charge in [-0.2, -0.15) is 0 Å². The summed E-state index contributed by atoms with van der Waals surface area (Å²) in [6.07, 6.45) is 2.80. The Bertz CT molecular complexity index is 823. The van der Waals surface area contributed by atoms with Gasteiger partial charge in [-0.25, -0.2) is 0 Å². The van der Waals surface area contributed by atoms with Crippen molar-refractivity contribution in [2.75, 3.05) is 39.4 Å². The number of fused-ring (bicyclic) bond motifs is 1. The van der Waals surface area contributed by atoms with E-state index in [4.69, 9.17) is 4.74 Å². The molecule has 0 radical (unpaired) electrons. The van der Waals surface area contributed by atoms with Gasteiger partial charge >= 0.3 is 0 Å². The number of carbonyl (C=O) groups excluding carboxylic acids is 1. The minimum Gasteiger partial charge on any atom is -0.380 e. The smallest absolute Gasteiger partial charge is 0.227 e. The minimum absolute atomic E-state index is 0.0207. The zero-order chi connectivity index (χ0) is 18.9. The Kier molecular flexibility index (Phi) is 4.86. The fraction of sp³-hybridized carbons (Fsp3) is 0.571. The number of nitrogens with zero attached hydrogens (tertiary/aromatic N) is 5. The molecule has 4 heterocycles. The topological polar surface area (TPSA) is 63.5 Å². The summed E-state index contributed by atoms with van der Waals surface area (Å²) in [4.78, 5) is 17.7. The third-order valence-electron chi connectivity index (χ3n) is 6.38. The molecule has 0 bridgehead atoms.